The SMILES string of the molecule is CCCN(C(C)CNC1CCCCC1)C1CC1. The molecule has 0 aromatic heterocycles. The summed E-state index contributed by atoms with van der Waals surface area (Å²) in [4.78, 5) is 2.73. The van der Waals surface area contributed by atoms with Crippen molar-refractivity contribution in [3.63, 3.8) is 0 Å². The van der Waals surface area contributed by atoms with E-state index in [4.69, 9.17) is 0 Å². The van der Waals surface area contributed by atoms with Crippen molar-refractivity contribution in [1.29, 1.82) is 0 Å². The lowest BCUT2D eigenvalue weighted by Gasteiger charge is -2.31. The fraction of sp³-hybridized carbons (Fsp3) is 1.00. The highest BCUT2D eigenvalue weighted by molar-refractivity contribution is 4.88. The number of hydrogen-bond acceptors (Lipinski definition) is 2. The van der Waals surface area contributed by atoms with Gasteiger partial charge >= 0.3 is 0 Å². The molecule has 1 unspecified atom stereocenters. The fourth-order valence-corrected chi connectivity index (χ4v) is 3.19. The van der Waals surface area contributed by atoms with E-state index in [1.54, 1.807) is 0 Å². The molecule has 2 nitrogen and oxygen atoms in total. The van der Waals surface area contributed by atoms with Crippen molar-refractivity contribution in [3.05, 3.63) is 0 Å². The first-order valence-electron chi connectivity index (χ1n) is 7.80. The van der Waals surface area contributed by atoms with Crippen molar-refractivity contribution in [1.82, 2.24) is 10.2 Å². The van der Waals surface area contributed by atoms with Crippen LogP contribution in [0.25, 0.3) is 0 Å². The van der Waals surface area contributed by atoms with Crippen molar-refractivity contribution < 1.29 is 0 Å². The molecule has 0 amide bonds. The van der Waals surface area contributed by atoms with Crippen LogP contribution in [0.1, 0.15) is 65.2 Å². The van der Waals surface area contributed by atoms with Gasteiger partial charge in [0.25, 0.3) is 0 Å². The zero-order valence-electron chi connectivity index (χ0n) is 11.8. The molecule has 0 aromatic carbocycles. The molecule has 2 heteroatoms. The van der Waals surface area contributed by atoms with Crippen LogP contribution >= 0.6 is 0 Å². The maximum absolute atomic E-state index is 3.80. The van der Waals surface area contributed by atoms with E-state index in [0.29, 0.717) is 0 Å². The van der Waals surface area contributed by atoms with Gasteiger partial charge in [-0.15, -0.1) is 0 Å². The molecule has 0 aromatic rings. The van der Waals surface area contributed by atoms with Crippen LogP contribution in [0.3, 0.4) is 0 Å². The molecule has 2 aliphatic carbocycles. The van der Waals surface area contributed by atoms with Crippen molar-refractivity contribution in [2.24, 2.45) is 0 Å². The van der Waals surface area contributed by atoms with Crippen LogP contribution in [-0.2, 0) is 0 Å². The van der Waals surface area contributed by atoms with Crippen molar-refractivity contribution in [2.75, 3.05) is 13.1 Å². The summed E-state index contributed by atoms with van der Waals surface area (Å²) in [7, 11) is 0. The van der Waals surface area contributed by atoms with Gasteiger partial charge in [0.1, 0.15) is 0 Å². The van der Waals surface area contributed by atoms with Gasteiger partial charge in [0.05, 0.1) is 0 Å². The van der Waals surface area contributed by atoms with Crippen LogP contribution < -0.4 is 5.32 Å². The first-order chi connectivity index (χ1) is 8.31. The van der Waals surface area contributed by atoms with Crippen molar-refractivity contribution in [2.45, 2.75) is 83.3 Å². The van der Waals surface area contributed by atoms with Gasteiger partial charge in [-0.2, -0.15) is 0 Å². The summed E-state index contributed by atoms with van der Waals surface area (Å²) < 4.78 is 0. The Morgan fingerprint density at radius 1 is 1.12 bits per heavy atom. The predicted octanol–water partition coefficient (Wildman–Crippen LogP) is 3.17. The van der Waals surface area contributed by atoms with Crippen molar-refractivity contribution >= 4 is 0 Å². The Balaban J connectivity index is 1.68. The van der Waals surface area contributed by atoms with E-state index in [2.05, 4.69) is 24.1 Å². The van der Waals surface area contributed by atoms with E-state index in [9.17, 15) is 0 Å². The number of nitrogens with zero attached hydrogens (tertiary/aromatic N) is 1. The largest absolute Gasteiger partial charge is 0.312 e. The quantitative estimate of drug-likeness (QED) is 0.733. The van der Waals surface area contributed by atoms with Gasteiger partial charge in [-0.05, 0) is 45.6 Å². The molecule has 1 N–H and O–H groups in total. The Labute approximate surface area is 107 Å². The second-order valence-electron chi connectivity index (χ2n) is 6.06. The number of nitrogens with one attached hydrogen (secondary N) is 1. The Bertz CT molecular complexity index is 207. The molecule has 100 valence electrons. The molecule has 2 rings (SSSR count). The maximum atomic E-state index is 3.80. The van der Waals surface area contributed by atoms with Crippen molar-refractivity contribution in [3.8, 4) is 0 Å². The molecule has 0 saturated heterocycles. The summed E-state index contributed by atoms with van der Waals surface area (Å²) in [5, 5.41) is 3.80. The first-order valence-corrected chi connectivity index (χ1v) is 7.80. The Morgan fingerprint density at radius 2 is 1.82 bits per heavy atom. The third kappa shape index (κ3) is 4.26. The van der Waals surface area contributed by atoms with E-state index in [-0.39, 0.29) is 0 Å². The van der Waals surface area contributed by atoms with Gasteiger partial charge in [-0.1, -0.05) is 26.2 Å². The van der Waals surface area contributed by atoms with Gasteiger partial charge < -0.3 is 5.32 Å². The van der Waals surface area contributed by atoms with E-state index >= 15 is 0 Å². The molecular formula is C15H30N2. The Kier molecular flexibility index (Phi) is 5.30. The molecule has 0 bridgehead atoms. The summed E-state index contributed by atoms with van der Waals surface area (Å²) in [5.41, 5.74) is 0. The minimum absolute atomic E-state index is 0.726. The molecular weight excluding hydrogens is 208 g/mol. The lowest BCUT2D eigenvalue weighted by molar-refractivity contribution is 0.187. The second kappa shape index (κ2) is 6.75. The fourth-order valence-electron chi connectivity index (χ4n) is 3.19. The minimum Gasteiger partial charge on any atom is -0.312 e. The van der Waals surface area contributed by atoms with E-state index in [1.165, 1.54) is 64.5 Å². The highest BCUT2D eigenvalue weighted by Gasteiger charge is 2.31. The third-order valence-electron chi connectivity index (χ3n) is 4.37. The predicted molar refractivity (Wildman–Crippen MR) is 74.4 cm³/mol. The number of hydrogen-bond donors (Lipinski definition) is 1. The lowest BCUT2D eigenvalue weighted by Crippen LogP contribution is -2.45. The monoisotopic (exact) mass is 238 g/mol. The summed E-state index contributed by atoms with van der Waals surface area (Å²) in [5.74, 6) is 0. The van der Waals surface area contributed by atoms with Crippen LogP contribution in [0.2, 0.25) is 0 Å². The third-order valence-corrected chi connectivity index (χ3v) is 4.37. The molecule has 2 aliphatic rings. The van der Waals surface area contributed by atoms with E-state index in [0.717, 1.165) is 18.1 Å². The van der Waals surface area contributed by atoms with Crippen LogP contribution in [0.15, 0.2) is 0 Å². The normalized spacial score (nSPS) is 24.2. The molecule has 0 aliphatic heterocycles. The lowest BCUT2D eigenvalue weighted by atomic mass is 9.95. The summed E-state index contributed by atoms with van der Waals surface area (Å²) in [6, 6.07) is 2.45. The zero-order chi connectivity index (χ0) is 12.1. The molecule has 17 heavy (non-hydrogen) atoms. The highest BCUT2D eigenvalue weighted by Crippen LogP contribution is 2.28. The highest BCUT2D eigenvalue weighted by atomic mass is 15.2. The molecule has 0 spiro atoms. The number of rotatable bonds is 7. The van der Waals surface area contributed by atoms with Gasteiger partial charge in [-0.25, -0.2) is 0 Å². The van der Waals surface area contributed by atoms with E-state index in [1.807, 2.05) is 0 Å². The Morgan fingerprint density at radius 3 is 2.41 bits per heavy atom. The molecule has 0 heterocycles. The Hall–Kier alpha value is -0.0800. The van der Waals surface area contributed by atoms with Crippen LogP contribution in [-0.4, -0.2) is 36.1 Å². The molecule has 0 radical (unpaired) electrons. The molecule has 1 atom stereocenters. The summed E-state index contributed by atoms with van der Waals surface area (Å²) in [6.45, 7) is 7.19. The zero-order valence-corrected chi connectivity index (χ0v) is 11.8. The standard InChI is InChI=1S/C15H30N2/c1-3-11-17(15-9-10-15)13(2)12-16-14-7-5-4-6-8-14/h13-16H,3-12H2,1-2H3. The average Bonchev–Trinajstić information content (AvgIpc) is 3.18. The first kappa shape index (κ1) is 13.4. The van der Waals surface area contributed by atoms with Crippen LogP contribution in [0, 0.1) is 0 Å². The van der Waals surface area contributed by atoms with E-state index < -0.39 is 0 Å². The summed E-state index contributed by atoms with van der Waals surface area (Å²) in [6.07, 6.45) is 11.3. The van der Waals surface area contributed by atoms with Crippen LogP contribution in [0.5, 0.6) is 0 Å². The average molecular weight is 238 g/mol. The molecule has 2 fully saturated rings. The second-order valence-corrected chi connectivity index (χ2v) is 6.06. The van der Waals surface area contributed by atoms with Gasteiger partial charge in [0.15, 0.2) is 0 Å². The molecule has 2 saturated carbocycles. The van der Waals surface area contributed by atoms with Gasteiger partial charge in [-0.3, -0.25) is 4.90 Å². The smallest absolute Gasteiger partial charge is 0.0195 e. The van der Waals surface area contributed by atoms with Gasteiger partial charge in [0, 0.05) is 24.7 Å². The summed E-state index contributed by atoms with van der Waals surface area (Å²) >= 11 is 0. The van der Waals surface area contributed by atoms with Crippen LogP contribution in [0.4, 0.5) is 0 Å². The van der Waals surface area contributed by atoms with Gasteiger partial charge in [0.2, 0.25) is 0 Å². The minimum atomic E-state index is 0.726. The topological polar surface area (TPSA) is 15.3 Å². The maximum Gasteiger partial charge on any atom is 0.0195 e.